The van der Waals surface area contributed by atoms with Crippen LogP contribution in [0.25, 0.3) is 0 Å². The summed E-state index contributed by atoms with van der Waals surface area (Å²) in [6, 6.07) is 57.0. The number of halogens is 4. The summed E-state index contributed by atoms with van der Waals surface area (Å²) in [6.45, 7) is 2.00. The minimum absolute atomic E-state index is 0. The van der Waals surface area contributed by atoms with E-state index in [2.05, 4.69) is 0 Å². The molecule has 0 fully saturated rings. The Balaban J connectivity index is 0. The molecule has 7 nitrogen and oxygen atoms in total. The molecular formula is C37H32Cl4IrO7P2-4. The predicted molar refractivity (Wildman–Crippen MR) is 183 cm³/mol. The molecule has 0 saturated heterocycles. The third kappa shape index (κ3) is 19.6. The molecule has 0 amide bonds. The molecule has 0 aliphatic carbocycles. The normalized spacial score (nSPS) is 8.90. The fourth-order valence-corrected chi connectivity index (χ4v) is 5.50. The number of benzene rings is 6. The average molecular weight is 985 g/mol. The second-order valence-corrected chi connectivity index (χ2v) is 10.9. The fourth-order valence-electron chi connectivity index (χ4n) is 3.52. The third-order valence-electron chi connectivity index (χ3n) is 5.54. The molecule has 0 atom stereocenters. The largest absolute Gasteiger partial charge is 1.00 e. The molecule has 6 aromatic carbocycles. The van der Waals surface area contributed by atoms with E-state index in [1.807, 2.05) is 189 Å². The predicted octanol–water partition coefficient (Wildman–Crippen LogP) is -1.27. The van der Waals surface area contributed by atoms with Gasteiger partial charge in [-0.1, -0.05) is 109 Å². The van der Waals surface area contributed by atoms with Crippen molar-refractivity contribution in [3.8, 4) is 34.5 Å². The molecule has 0 N–H and O–H groups in total. The molecule has 0 aromatic heterocycles. The van der Waals surface area contributed by atoms with Gasteiger partial charge < -0.3 is 81.6 Å². The summed E-state index contributed by atoms with van der Waals surface area (Å²) in [5, 5.41) is 0. The summed E-state index contributed by atoms with van der Waals surface area (Å²) >= 11 is 0. The van der Waals surface area contributed by atoms with Crippen LogP contribution in [0.2, 0.25) is 0 Å². The van der Waals surface area contributed by atoms with E-state index in [1.165, 1.54) is 0 Å². The van der Waals surface area contributed by atoms with Gasteiger partial charge in [-0.3, -0.25) is 0 Å². The number of rotatable bonds is 12. The minimum Gasteiger partial charge on any atom is -1.00 e. The number of carbonyl (C=O) groups is 1. The van der Waals surface area contributed by atoms with E-state index in [-0.39, 0.29) is 69.7 Å². The van der Waals surface area contributed by atoms with Gasteiger partial charge in [0.05, 0.1) is 0 Å². The van der Waals surface area contributed by atoms with E-state index in [9.17, 15) is 0 Å². The maximum absolute atomic E-state index is 8.00. The van der Waals surface area contributed by atoms with Crippen LogP contribution in [0.15, 0.2) is 182 Å². The topological polar surface area (TPSA) is 72.5 Å². The van der Waals surface area contributed by atoms with Crippen molar-refractivity contribution in [2.45, 2.75) is 0 Å². The molecular weight excluding hydrogens is 952 g/mol. The van der Waals surface area contributed by atoms with Gasteiger partial charge >= 0.3 is 17.2 Å². The monoisotopic (exact) mass is 983 g/mol. The fraction of sp³-hybridized carbons (Fsp3) is 0. The van der Waals surface area contributed by atoms with E-state index in [0.717, 1.165) is 0 Å². The number of hydrogen-bond acceptors (Lipinski definition) is 7. The Morgan fingerprint density at radius 2 is 0.392 bits per heavy atom. The van der Waals surface area contributed by atoms with Crippen molar-refractivity contribution in [2.75, 3.05) is 0 Å². The third-order valence-corrected chi connectivity index (χ3v) is 7.70. The van der Waals surface area contributed by atoms with Gasteiger partial charge in [-0.05, 0) is 72.8 Å². The average Bonchev–Trinajstić information content (AvgIpc) is 3.12. The zero-order valence-corrected chi connectivity index (χ0v) is 33.8. The van der Waals surface area contributed by atoms with Crippen molar-refractivity contribution >= 4 is 24.0 Å². The smallest absolute Gasteiger partial charge is 0.530 e. The van der Waals surface area contributed by atoms with Gasteiger partial charge in [-0.25, -0.2) is 0 Å². The van der Waals surface area contributed by atoms with E-state index in [0.29, 0.717) is 34.5 Å². The first kappa shape index (κ1) is 49.6. The van der Waals surface area contributed by atoms with Crippen LogP contribution in [0.1, 0.15) is 0 Å². The van der Waals surface area contributed by atoms with Crippen LogP contribution in [0.3, 0.4) is 0 Å². The zero-order valence-electron chi connectivity index (χ0n) is 26.6. The zero-order chi connectivity index (χ0) is 32.1. The summed E-state index contributed by atoms with van der Waals surface area (Å²) in [4.78, 5) is 8.00. The first-order valence-corrected chi connectivity index (χ1v) is 16.3. The van der Waals surface area contributed by atoms with Gasteiger partial charge in [0.15, 0.2) is 0 Å². The SMILES string of the molecule is C=O.[Cl-].[Cl-].[Cl-].[Cl-].[Ir].c1ccc(OP(Oc2ccccc2)Oc2ccccc2)cc1.c1ccc(OP(Oc2ccccc2)Oc2ccccc2)cc1. The Bertz CT molecular complexity index is 1320. The molecule has 0 saturated carbocycles. The van der Waals surface area contributed by atoms with Crippen molar-refractivity contribution < 1.29 is 102 Å². The first-order valence-electron chi connectivity index (χ1n) is 14.1. The number of para-hydroxylation sites is 6. The van der Waals surface area contributed by atoms with E-state index >= 15 is 0 Å². The summed E-state index contributed by atoms with van der Waals surface area (Å²) in [5.74, 6) is 4.25. The summed E-state index contributed by atoms with van der Waals surface area (Å²) < 4.78 is 35.1. The molecule has 14 heteroatoms. The molecule has 0 bridgehead atoms. The molecule has 1 radical (unpaired) electrons. The maximum Gasteiger partial charge on any atom is 0.530 e. The first-order chi connectivity index (χ1) is 22.8. The van der Waals surface area contributed by atoms with Gasteiger partial charge in [-0.2, -0.15) is 0 Å². The second kappa shape index (κ2) is 30.1. The minimum atomic E-state index is -1.59. The van der Waals surface area contributed by atoms with Crippen molar-refractivity contribution in [2.24, 2.45) is 0 Å². The van der Waals surface area contributed by atoms with Crippen LogP contribution in [0.4, 0.5) is 0 Å². The van der Waals surface area contributed by atoms with Gasteiger partial charge in [0.1, 0.15) is 41.3 Å². The molecule has 6 rings (SSSR count). The molecule has 0 heterocycles. The van der Waals surface area contributed by atoms with Crippen molar-refractivity contribution in [1.29, 1.82) is 0 Å². The molecule has 273 valence electrons. The molecule has 0 aliphatic rings. The molecule has 6 aromatic rings. The standard InChI is InChI=1S/2C18H15O3P.CH2O.4ClH.Ir/c2*1-4-10-16(11-5-1)19-22(20-17-12-6-2-7-13-17)21-18-14-8-3-9-15-18;1-2;;;;;/h2*1-15H;1H2;4*1H;/p-4. The maximum atomic E-state index is 8.00. The summed E-state index contributed by atoms with van der Waals surface area (Å²) in [6.07, 6.45) is 0. The van der Waals surface area contributed by atoms with Gasteiger partial charge in [0, 0.05) is 20.1 Å². The van der Waals surface area contributed by atoms with Crippen LogP contribution in [0.5, 0.6) is 34.5 Å². The quantitative estimate of drug-likeness (QED) is 0.142. The molecule has 0 spiro atoms. The molecule has 0 unspecified atom stereocenters. The summed E-state index contributed by atoms with van der Waals surface area (Å²) in [5.41, 5.74) is 0. The van der Waals surface area contributed by atoms with Crippen LogP contribution in [0, 0.1) is 0 Å². The Kier molecular flexibility index (Phi) is 29.3. The van der Waals surface area contributed by atoms with Crippen LogP contribution in [-0.2, 0) is 24.9 Å². The van der Waals surface area contributed by atoms with E-state index in [1.54, 1.807) is 0 Å². The van der Waals surface area contributed by atoms with Crippen LogP contribution in [-0.4, -0.2) is 6.79 Å². The van der Waals surface area contributed by atoms with E-state index in [4.69, 9.17) is 31.9 Å². The molecule has 51 heavy (non-hydrogen) atoms. The Hall–Kier alpha value is -3.54. The Labute approximate surface area is 340 Å². The van der Waals surface area contributed by atoms with Gasteiger partial charge in [0.25, 0.3) is 0 Å². The van der Waals surface area contributed by atoms with Crippen molar-refractivity contribution in [3.63, 3.8) is 0 Å². The van der Waals surface area contributed by atoms with Gasteiger partial charge in [0.2, 0.25) is 0 Å². The Morgan fingerprint density at radius 1 is 0.275 bits per heavy atom. The molecule has 0 aliphatic heterocycles. The summed E-state index contributed by atoms with van der Waals surface area (Å²) in [7, 11) is -3.18. The Morgan fingerprint density at radius 3 is 0.510 bits per heavy atom. The van der Waals surface area contributed by atoms with Crippen molar-refractivity contribution in [1.82, 2.24) is 0 Å². The number of carbonyl (C=O) groups excluding carboxylic acids is 1. The van der Waals surface area contributed by atoms with E-state index < -0.39 is 17.2 Å². The van der Waals surface area contributed by atoms with Crippen LogP contribution >= 0.6 is 17.2 Å². The van der Waals surface area contributed by atoms with Crippen molar-refractivity contribution in [3.05, 3.63) is 182 Å². The number of hydrogen-bond donors (Lipinski definition) is 0. The second-order valence-electron chi connectivity index (χ2n) is 8.87. The van der Waals surface area contributed by atoms with Gasteiger partial charge in [-0.15, -0.1) is 0 Å². The van der Waals surface area contributed by atoms with Crippen LogP contribution < -0.4 is 76.8 Å².